The fourth-order valence-electron chi connectivity index (χ4n) is 2.02. The number of esters is 1. The molecule has 2 aromatic carbocycles. The van der Waals surface area contributed by atoms with E-state index in [2.05, 4.69) is 10.1 Å². The van der Waals surface area contributed by atoms with Crippen molar-refractivity contribution in [3.05, 3.63) is 66.0 Å². The number of rotatable bonds is 6. The Morgan fingerprint density at radius 2 is 1.71 bits per heavy atom. The van der Waals surface area contributed by atoms with Gasteiger partial charge in [-0.15, -0.1) is 13.2 Å². The number of nitrogens with one attached hydrogen (secondary N) is 1. The molecule has 0 aromatic heterocycles. The first-order valence-corrected chi connectivity index (χ1v) is 7.94. The summed E-state index contributed by atoms with van der Waals surface area (Å²) in [5.74, 6) is -2.52. The first-order chi connectivity index (χ1) is 13.1. The lowest BCUT2D eigenvalue weighted by Crippen LogP contribution is -2.29. The zero-order chi connectivity index (χ0) is 20.7. The van der Waals surface area contributed by atoms with E-state index < -0.39 is 35.9 Å². The van der Waals surface area contributed by atoms with E-state index in [1.54, 1.807) is 6.07 Å². The molecule has 0 bridgehead atoms. The number of carbonyl (C=O) groups is 2. The van der Waals surface area contributed by atoms with Gasteiger partial charge in [-0.1, -0.05) is 18.2 Å². The molecule has 1 amide bonds. The maximum atomic E-state index is 13.5. The second-order valence-electron chi connectivity index (χ2n) is 5.50. The quantitative estimate of drug-likeness (QED) is 0.448. The molecule has 0 heterocycles. The second-order valence-corrected chi connectivity index (χ2v) is 5.50. The molecule has 148 valence electrons. The number of benzene rings is 2. The number of amides is 1. The minimum atomic E-state index is -4.82. The zero-order valence-electron chi connectivity index (χ0n) is 14.5. The lowest BCUT2D eigenvalue weighted by atomic mass is 10.2. The molecule has 0 aliphatic rings. The van der Waals surface area contributed by atoms with Gasteiger partial charge in [0.1, 0.15) is 11.6 Å². The maximum Gasteiger partial charge on any atom is 0.573 e. The molecule has 1 atom stereocenters. The molecule has 0 saturated heterocycles. The highest BCUT2D eigenvalue weighted by Gasteiger charge is 2.31. The van der Waals surface area contributed by atoms with E-state index in [0.717, 1.165) is 18.2 Å². The van der Waals surface area contributed by atoms with Gasteiger partial charge in [-0.25, -0.2) is 9.18 Å². The van der Waals surface area contributed by atoms with Gasteiger partial charge in [-0.2, -0.15) is 0 Å². The summed E-state index contributed by atoms with van der Waals surface area (Å²) in [4.78, 5) is 23.7. The zero-order valence-corrected chi connectivity index (χ0v) is 14.5. The van der Waals surface area contributed by atoms with Crippen LogP contribution < -0.4 is 10.1 Å². The van der Waals surface area contributed by atoms with Crippen LogP contribution in [0.15, 0.2) is 54.6 Å². The first-order valence-electron chi connectivity index (χ1n) is 7.94. The van der Waals surface area contributed by atoms with Crippen molar-refractivity contribution in [2.75, 3.05) is 5.32 Å². The fraction of sp³-hybridized carbons (Fsp3) is 0.158. The lowest BCUT2D eigenvalue weighted by molar-refractivity contribution is -0.274. The Morgan fingerprint density at radius 3 is 2.32 bits per heavy atom. The molecule has 0 saturated carbocycles. The largest absolute Gasteiger partial charge is 0.573 e. The number of hydrogen-bond donors (Lipinski definition) is 1. The maximum absolute atomic E-state index is 13.5. The highest BCUT2D eigenvalue weighted by molar-refractivity contribution is 5.96. The number of anilines is 1. The number of ether oxygens (including phenoxy) is 2. The molecular formula is C19H15F4NO4. The Labute approximate surface area is 157 Å². The molecule has 2 rings (SSSR count). The van der Waals surface area contributed by atoms with Gasteiger partial charge in [0.05, 0.1) is 0 Å². The molecule has 5 nitrogen and oxygen atoms in total. The standard InChI is InChI=1S/C19H15F4NO4/c1-12(27-17(25)11-6-13-4-2-3-5-16(13)20)18(26)24-14-7-9-15(10-8-14)28-19(21,22)23/h2-12H,1H3,(H,24,26)/b11-6+/t12-/m1/s1. The Morgan fingerprint density at radius 1 is 1.07 bits per heavy atom. The second kappa shape index (κ2) is 9.03. The van der Waals surface area contributed by atoms with Gasteiger partial charge in [-0.3, -0.25) is 4.79 Å². The summed E-state index contributed by atoms with van der Waals surface area (Å²) in [7, 11) is 0. The van der Waals surface area contributed by atoms with Crippen LogP contribution >= 0.6 is 0 Å². The molecule has 0 fully saturated rings. The third-order valence-corrected chi connectivity index (χ3v) is 3.32. The van der Waals surface area contributed by atoms with Crippen molar-refractivity contribution in [1.82, 2.24) is 0 Å². The van der Waals surface area contributed by atoms with E-state index in [-0.39, 0.29) is 11.3 Å². The van der Waals surface area contributed by atoms with E-state index in [4.69, 9.17) is 4.74 Å². The monoisotopic (exact) mass is 397 g/mol. The van der Waals surface area contributed by atoms with Gasteiger partial charge in [0.2, 0.25) is 0 Å². The summed E-state index contributed by atoms with van der Waals surface area (Å²) in [6.07, 6.45) is -3.82. The van der Waals surface area contributed by atoms with Gasteiger partial charge in [0, 0.05) is 17.3 Å². The lowest BCUT2D eigenvalue weighted by Gasteiger charge is -2.13. The van der Waals surface area contributed by atoms with Crippen LogP contribution in [0.25, 0.3) is 6.08 Å². The van der Waals surface area contributed by atoms with E-state index >= 15 is 0 Å². The van der Waals surface area contributed by atoms with Crippen molar-refractivity contribution in [3.8, 4) is 5.75 Å². The van der Waals surface area contributed by atoms with Crippen LogP contribution in [0.1, 0.15) is 12.5 Å². The molecule has 0 unspecified atom stereocenters. The SMILES string of the molecule is C[C@@H](OC(=O)/C=C/c1ccccc1F)C(=O)Nc1ccc(OC(F)(F)F)cc1. The van der Waals surface area contributed by atoms with E-state index in [1.165, 1.54) is 43.3 Å². The Hall–Kier alpha value is -3.36. The number of halogens is 4. The average molecular weight is 397 g/mol. The van der Waals surface area contributed by atoms with Crippen molar-refractivity contribution < 1.29 is 36.6 Å². The van der Waals surface area contributed by atoms with Crippen molar-refractivity contribution in [2.45, 2.75) is 19.4 Å². The minimum Gasteiger partial charge on any atom is -0.449 e. The van der Waals surface area contributed by atoms with Crippen LogP contribution in [0.3, 0.4) is 0 Å². The molecule has 0 spiro atoms. The van der Waals surface area contributed by atoms with Crippen molar-refractivity contribution >= 4 is 23.6 Å². The normalized spacial score (nSPS) is 12.5. The molecule has 9 heteroatoms. The Kier molecular flexibility index (Phi) is 6.75. The third kappa shape index (κ3) is 6.75. The number of hydrogen-bond acceptors (Lipinski definition) is 4. The smallest absolute Gasteiger partial charge is 0.449 e. The summed E-state index contributed by atoms with van der Waals surface area (Å²) >= 11 is 0. The summed E-state index contributed by atoms with van der Waals surface area (Å²) in [6, 6.07) is 10.2. The van der Waals surface area contributed by atoms with Crippen LogP contribution in [0, 0.1) is 5.82 Å². The summed E-state index contributed by atoms with van der Waals surface area (Å²) in [5, 5.41) is 2.38. The predicted molar refractivity (Wildman–Crippen MR) is 92.7 cm³/mol. The molecule has 2 aromatic rings. The minimum absolute atomic E-state index is 0.178. The van der Waals surface area contributed by atoms with Crippen LogP contribution in [-0.4, -0.2) is 24.3 Å². The first kappa shape index (κ1) is 20.9. The Bertz CT molecular complexity index is 863. The van der Waals surface area contributed by atoms with E-state index in [0.29, 0.717) is 0 Å². The summed E-state index contributed by atoms with van der Waals surface area (Å²) in [5.41, 5.74) is 0.363. The average Bonchev–Trinajstić information content (AvgIpc) is 2.61. The topological polar surface area (TPSA) is 64.6 Å². The molecule has 0 radical (unpaired) electrons. The predicted octanol–water partition coefficient (Wildman–Crippen LogP) is 4.31. The van der Waals surface area contributed by atoms with Crippen LogP contribution in [0.4, 0.5) is 23.2 Å². The van der Waals surface area contributed by atoms with Crippen LogP contribution in [-0.2, 0) is 14.3 Å². The highest BCUT2D eigenvalue weighted by Crippen LogP contribution is 2.24. The van der Waals surface area contributed by atoms with Gasteiger partial charge in [0.15, 0.2) is 6.10 Å². The van der Waals surface area contributed by atoms with Crippen LogP contribution in [0.2, 0.25) is 0 Å². The van der Waals surface area contributed by atoms with Crippen molar-refractivity contribution in [3.63, 3.8) is 0 Å². The Balaban J connectivity index is 1.88. The molecule has 0 aliphatic carbocycles. The van der Waals surface area contributed by atoms with E-state index in [1.807, 2.05) is 0 Å². The third-order valence-electron chi connectivity index (χ3n) is 3.32. The molecule has 1 N–H and O–H groups in total. The van der Waals surface area contributed by atoms with Gasteiger partial charge in [0.25, 0.3) is 5.91 Å². The van der Waals surface area contributed by atoms with Gasteiger partial charge < -0.3 is 14.8 Å². The number of carbonyl (C=O) groups excluding carboxylic acids is 2. The molecular weight excluding hydrogens is 382 g/mol. The van der Waals surface area contributed by atoms with Crippen LogP contribution in [0.5, 0.6) is 5.75 Å². The van der Waals surface area contributed by atoms with Crippen molar-refractivity contribution in [1.29, 1.82) is 0 Å². The van der Waals surface area contributed by atoms with E-state index in [9.17, 15) is 27.2 Å². The van der Waals surface area contributed by atoms with Crippen molar-refractivity contribution in [2.24, 2.45) is 0 Å². The van der Waals surface area contributed by atoms with Gasteiger partial charge in [-0.05, 0) is 43.3 Å². The number of alkyl halides is 3. The van der Waals surface area contributed by atoms with Gasteiger partial charge >= 0.3 is 12.3 Å². The summed E-state index contributed by atoms with van der Waals surface area (Å²) < 4.78 is 58.4. The molecule has 0 aliphatic heterocycles. The highest BCUT2D eigenvalue weighted by atomic mass is 19.4. The fourth-order valence-corrected chi connectivity index (χ4v) is 2.02. The summed E-state index contributed by atoms with van der Waals surface area (Å²) in [6.45, 7) is 1.31. The molecule has 28 heavy (non-hydrogen) atoms.